The summed E-state index contributed by atoms with van der Waals surface area (Å²) in [7, 11) is 0. The van der Waals surface area contributed by atoms with Crippen molar-refractivity contribution in [3.8, 4) is 0 Å². The Morgan fingerprint density at radius 2 is 1.86 bits per heavy atom. The number of hydrogen-bond donors (Lipinski definition) is 1. The minimum absolute atomic E-state index is 0.145. The fourth-order valence-corrected chi connectivity index (χ4v) is 2.23. The SMILES string of the molecule is O=C(/C=C/c1ccccc1Br)NCCc1ccc(F)cc1. The van der Waals surface area contributed by atoms with Gasteiger partial charge in [0.15, 0.2) is 0 Å². The minimum atomic E-state index is -0.251. The maximum Gasteiger partial charge on any atom is 0.244 e. The number of nitrogens with one attached hydrogen (secondary N) is 1. The molecule has 0 bridgehead atoms. The van der Waals surface area contributed by atoms with Crippen LogP contribution in [0.5, 0.6) is 0 Å². The molecule has 1 N–H and O–H groups in total. The number of hydrogen-bond acceptors (Lipinski definition) is 1. The van der Waals surface area contributed by atoms with Gasteiger partial charge in [0.2, 0.25) is 5.91 Å². The zero-order valence-electron chi connectivity index (χ0n) is 11.4. The van der Waals surface area contributed by atoms with Crippen LogP contribution < -0.4 is 5.32 Å². The fraction of sp³-hybridized carbons (Fsp3) is 0.118. The van der Waals surface area contributed by atoms with E-state index in [1.54, 1.807) is 18.2 Å². The van der Waals surface area contributed by atoms with Crippen molar-refractivity contribution >= 4 is 27.9 Å². The molecule has 0 fully saturated rings. The lowest BCUT2D eigenvalue weighted by Crippen LogP contribution is -2.23. The van der Waals surface area contributed by atoms with Crippen LogP contribution in [0.4, 0.5) is 4.39 Å². The number of carbonyl (C=O) groups excluding carboxylic acids is 1. The second-order valence-electron chi connectivity index (χ2n) is 4.52. The summed E-state index contributed by atoms with van der Waals surface area (Å²) in [5.74, 6) is -0.396. The van der Waals surface area contributed by atoms with E-state index in [4.69, 9.17) is 0 Å². The summed E-state index contributed by atoms with van der Waals surface area (Å²) in [6.07, 6.45) is 3.94. The molecule has 0 spiro atoms. The smallest absolute Gasteiger partial charge is 0.244 e. The van der Waals surface area contributed by atoms with E-state index >= 15 is 0 Å². The Bertz CT molecular complexity index is 637. The number of rotatable bonds is 5. The maximum absolute atomic E-state index is 12.7. The van der Waals surface area contributed by atoms with Gasteiger partial charge in [0.1, 0.15) is 5.82 Å². The highest BCUT2D eigenvalue weighted by atomic mass is 79.9. The lowest BCUT2D eigenvalue weighted by Gasteiger charge is -2.03. The van der Waals surface area contributed by atoms with Crippen LogP contribution in [0.2, 0.25) is 0 Å². The van der Waals surface area contributed by atoms with Crippen LogP contribution in [0.3, 0.4) is 0 Å². The Labute approximate surface area is 131 Å². The first-order valence-corrected chi connectivity index (χ1v) is 7.39. The third kappa shape index (κ3) is 5.16. The van der Waals surface area contributed by atoms with Crippen LogP contribution in [0.1, 0.15) is 11.1 Å². The van der Waals surface area contributed by atoms with E-state index in [1.165, 1.54) is 18.2 Å². The van der Waals surface area contributed by atoms with Crippen molar-refractivity contribution in [1.82, 2.24) is 5.32 Å². The summed E-state index contributed by atoms with van der Waals surface area (Å²) in [5, 5.41) is 2.80. The second kappa shape index (κ2) is 7.74. The van der Waals surface area contributed by atoms with E-state index in [-0.39, 0.29) is 11.7 Å². The molecule has 0 atom stereocenters. The maximum atomic E-state index is 12.7. The molecule has 2 aromatic carbocycles. The van der Waals surface area contributed by atoms with Crippen molar-refractivity contribution < 1.29 is 9.18 Å². The van der Waals surface area contributed by atoms with Gasteiger partial charge in [0.05, 0.1) is 0 Å². The molecule has 2 nitrogen and oxygen atoms in total. The molecule has 2 rings (SSSR count). The molecular weight excluding hydrogens is 333 g/mol. The molecule has 4 heteroatoms. The van der Waals surface area contributed by atoms with Gasteiger partial charge in [-0.05, 0) is 41.8 Å². The number of carbonyl (C=O) groups is 1. The molecule has 0 radical (unpaired) electrons. The molecule has 0 aromatic heterocycles. The molecule has 0 saturated carbocycles. The molecule has 21 heavy (non-hydrogen) atoms. The first-order chi connectivity index (χ1) is 10.1. The van der Waals surface area contributed by atoms with Crippen LogP contribution in [-0.2, 0) is 11.2 Å². The topological polar surface area (TPSA) is 29.1 Å². The van der Waals surface area contributed by atoms with Crippen LogP contribution in [0.15, 0.2) is 59.1 Å². The van der Waals surface area contributed by atoms with Gasteiger partial charge in [-0.25, -0.2) is 4.39 Å². The summed E-state index contributed by atoms with van der Waals surface area (Å²) in [4.78, 5) is 11.7. The van der Waals surface area contributed by atoms with Gasteiger partial charge in [-0.3, -0.25) is 4.79 Å². The Morgan fingerprint density at radius 1 is 1.14 bits per heavy atom. The van der Waals surface area contributed by atoms with Gasteiger partial charge in [-0.15, -0.1) is 0 Å². The largest absolute Gasteiger partial charge is 0.352 e. The molecule has 0 saturated heterocycles. The third-order valence-corrected chi connectivity index (χ3v) is 3.67. The average molecular weight is 348 g/mol. The number of halogens is 2. The highest BCUT2D eigenvalue weighted by molar-refractivity contribution is 9.10. The standard InChI is InChI=1S/C17H15BrFNO/c18-16-4-2-1-3-14(16)7-10-17(21)20-12-11-13-5-8-15(19)9-6-13/h1-10H,11-12H2,(H,20,21)/b10-7+. The Morgan fingerprint density at radius 3 is 2.57 bits per heavy atom. The lowest BCUT2D eigenvalue weighted by molar-refractivity contribution is -0.116. The summed E-state index contributed by atoms with van der Waals surface area (Å²) in [5.41, 5.74) is 1.94. The fourth-order valence-electron chi connectivity index (χ4n) is 1.82. The summed E-state index contributed by atoms with van der Waals surface area (Å²) in [6, 6.07) is 14.0. The molecule has 0 unspecified atom stereocenters. The second-order valence-corrected chi connectivity index (χ2v) is 5.38. The van der Waals surface area contributed by atoms with Crippen LogP contribution in [-0.4, -0.2) is 12.5 Å². The van der Waals surface area contributed by atoms with Gasteiger partial charge in [0, 0.05) is 17.1 Å². The van der Waals surface area contributed by atoms with E-state index in [9.17, 15) is 9.18 Å². The summed E-state index contributed by atoms with van der Waals surface area (Å²) < 4.78 is 13.7. The first kappa shape index (κ1) is 15.4. The molecule has 0 aliphatic rings. The Kier molecular flexibility index (Phi) is 5.69. The van der Waals surface area contributed by atoms with Crippen molar-refractivity contribution in [2.24, 2.45) is 0 Å². The Hall–Kier alpha value is -1.94. The van der Waals surface area contributed by atoms with Crippen molar-refractivity contribution in [2.75, 3.05) is 6.54 Å². The van der Waals surface area contributed by atoms with Crippen LogP contribution in [0, 0.1) is 5.82 Å². The average Bonchev–Trinajstić information content (AvgIpc) is 2.48. The number of benzene rings is 2. The molecule has 0 aliphatic heterocycles. The van der Waals surface area contributed by atoms with Gasteiger partial charge in [-0.1, -0.05) is 46.3 Å². The van der Waals surface area contributed by atoms with E-state index in [1.807, 2.05) is 24.3 Å². The Balaban J connectivity index is 1.80. The van der Waals surface area contributed by atoms with E-state index in [0.29, 0.717) is 13.0 Å². The highest BCUT2D eigenvalue weighted by Gasteiger charge is 1.98. The predicted octanol–water partition coefficient (Wildman–Crippen LogP) is 3.96. The monoisotopic (exact) mass is 347 g/mol. The normalized spacial score (nSPS) is 10.8. The zero-order chi connectivity index (χ0) is 15.1. The van der Waals surface area contributed by atoms with Gasteiger partial charge >= 0.3 is 0 Å². The predicted molar refractivity (Wildman–Crippen MR) is 86.3 cm³/mol. The molecular formula is C17H15BrFNO. The summed E-state index contributed by atoms with van der Waals surface area (Å²) in [6.45, 7) is 0.519. The molecule has 1 amide bonds. The first-order valence-electron chi connectivity index (χ1n) is 6.60. The van der Waals surface area contributed by atoms with Gasteiger partial charge < -0.3 is 5.32 Å². The van der Waals surface area contributed by atoms with E-state index in [0.717, 1.165) is 15.6 Å². The molecule has 2 aromatic rings. The zero-order valence-corrected chi connectivity index (χ0v) is 12.9. The van der Waals surface area contributed by atoms with Crippen molar-refractivity contribution in [2.45, 2.75) is 6.42 Å². The van der Waals surface area contributed by atoms with E-state index in [2.05, 4.69) is 21.2 Å². The third-order valence-electron chi connectivity index (χ3n) is 2.95. The summed E-state index contributed by atoms with van der Waals surface area (Å²) >= 11 is 3.42. The molecule has 0 heterocycles. The van der Waals surface area contributed by atoms with Crippen molar-refractivity contribution in [3.05, 3.63) is 76.0 Å². The van der Waals surface area contributed by atoms with E-state index < -0.39 is 0 Å². The van der Waals surface area contributed by atoms with Gasteiger partial charge in [-0.2, -0.15) is 0 Å². The highest BCUT2D eigenvalue weighted by Crippen LogP contribution is 2.16. The van der Waals surface area contributed by atoms with Gasteiger partial charge in [0.25, 0.3) is 0 Å². The quantitative estimate of drug-likeness (QED) is 0.815. The van der Waals surface area contributed by atoms with Crippen molar-refractivity contribution in [1.29, 1.82) is 0 Å². The minimum Gasteiger partial charge on any atom is -0.352 e. The molecule has 0 aliphatic carbocycles. The van der Waals surface area contributed by atoms with Crippen LogP contribution >= 0.6 is 15.9 Å². The van der Waals surface area contributed by atoms with Crippen LogP contribution in [0.25, 0.3) is 6.08 Å². The molecule has 108 valence electrons. The number of amides is 1. The lowest BCUT2D eigenvalue weighted by atomic mass is 10.1. The van der Waals surface area contributed by atoms with Crippen molar-refractivity contribution in [3.63, 3.8) is 0 Å².